The molecule has 0 bridgehead atoms. The minimum Gasteiger partial charge on any atom is -0.497 e. The van der Waals surface area contributed by atoms with Gasteiger partial charge in [0.05, 0.1) is 7.11 Å². The Bertz CT molecular complexity index is 240. The maximum Gasteiger partial charge on any atom is 0.122 e. The monoisotopic (exact) mass is 229 g/mol. The van der Waals surface area contributed by atoms with Crippen LogP contribution in [0.4, 0.5) is 0 Å². The first-order valence-electron chi connectivity index (χ1n) is 3.91. The minimum absolute atomic E-state index is 0.884. The Labute approximate surface area is 81.1 Å². The van der Waals surface area contributed by atoms with E-state index in [-0.39, 0.29) is 0 Å². The van der Waals surface area contributed by atoms with Gasteiger partial charge < -0.3 is 4.74 Å². The fourth-order valence-corrected chi connectivity index (χ4v) is 1.25. The van der Waals surface area contributed by atoms with E-state index in [0.29, 0.717) is 0 Å². The highest BCUT2D eigenvalue weighted by Crippen LogP contribution is 2.11. The second-order valence-electron chi connectivity index (χ2n) is 2.48. The van der Waals surface area contributed by atoms with Gasteiger partial charge in [-0.15, -0.1) is 0 Å². The van der Waals surface area contributed by atoms with Gasteiger partial charge in [0.2, 0.25) is 0 Å². The van der Waals surface area contributed by atoms with E-state index >= 15 is 0 Å². The zero-order valence-electron chi connectivity index (χ0n) is 7.09. The highest BCUT2D eigenvalue weighted by molar-refractivity contribution is 9.09. The molecule has 3 heteroatoms. The topological polar surface area (TPSA) is 22.1 Å². The van der Waals surface area contributed by atoms with Crippen molar-refractivity contribution in [3.8, 4) is 5.75 Å². The number of alkyl halides is 1. The Kier molecular flexibility index (Phi) is 4.08. The van der Waals surface area contributed by atoms with Crippen LogP contribution in [0.5, 0.6) is 5.75 Å². The maximum absolute atomic E-state index is 5.08. The summed E-state index contributed by atoms with van der Waals surface area (Å²) in [5.41, 5.74) is 1.09. The van der Waals surface area contributed by atoms with Crippen molar-refractivity contribution in [2.24, 2.45) is 0 Å². The average molecular weight is 230 g/mol. The zero-order valence-corrected chi connectivity index (χ0v) is 8.67. The third-order valence-electron chi connectivity index (χ3n) is 1.59. The van der Waals surface area contributed by atoms with Crippen molar-refractivity contribution in [1.29, 1.82) is 0 Å². The number of aryl methyl sites for hydroxylation is 1. The number of pyridine rings is 1. The Hall–Kier alpha value is -0.570. The van der Waals surface area contributed by atoms with E-state index in [1.54, 1.807) is 13.3 Å². The first-order valence-corrected chi connectivity index (χ1v) is 5.04. The molecule has 0 aliphatic heterocycles. The number of rotatable bonds is 4. The first-order chi connectivity index (χ1) is 5.86. The van der Waals surface area contributed by atoms with E-state index in [1.165, 1.54) is 0 Å². The molecule has 1 aromatic heterocycles. The summed E-state index contributed by atoms with van der Waals surface area (Å²) in [5, 5.41) is 1.02. The van der Waals surface area contributed by atoms with E-state index in [0.717, 1.165) is 29.6 Å². The molecule has 0 aromatic carbocycles. The highest BCUT2D eigenvalue weighted by atomic mass is 79.9. The summed E-state index contributed by atoms with van der Waals surface area (Å²) in [5.74, 6) is 0.884. The van der Waals surface area contributed by atoms with Gasteiger partial charge in [-0.1, -0.05) is 15.9 Å². The molecule has 66 valence electrons. The van der Waals surface area contributed by atoms with Crippen LogP contribution < -0.4 is 4.74 Å². The first kappa shape index (κ1) is 9.52. The number of nitrogens with zero attached hydrogens (tertiary/aromatic N) is 1. The SMILES string of the molecule is COc1ccnc(CCCBr)c1. The molecule has 0 radical (unpaired) electrons. The summed E-state index contributed by atoms with van der Waals surface area (Å²) < 4.78 is 5.08. The number of halogens is 1. The van der Waals surface area contributed by atoms with Gasteiger partial charge in [0.1, 0.15) is 5.75 Å². The molecular formula is C9H12BrNO. The van der Waals surface area contributed by atoms with Crippen LogP contribution in [0.3, 0.4) is 0 Å². The summed E-state index contributed by atoms with van der Waals surface area (Å²) in [7, 11) is 1.67. The van der Waals surface area contributed by atoms with Gasteiger partial charge in [0.15, 0.2) is 0 Å². The van der Waals surface area contributed by atoms with Crippen molar-refractivity contribution in [2.75, 3.05) is 12.4 Å². The molecule has 0 aliphatic carbocycles. The Morgan fingerprint density at radius 1 is 1.58 bits per heavy atom. The molecule has 0 unspecified atom stereocenters. The lowest BCUT2D eigenvalue weighted by molar-refractivity contribution is 0.413. The van der Waals surface area contributed by atoms with Crippen LogP contribution in [0.15, 0.2) is 18.3 Å². The third kappa shape index (κ3) is 2.81. The Morgan fingerprint density at radius 2 is 2.42 bits per heavy atom. The van der Waals surface area contributed by atoms with Crippen molar-refractivity contribution in [2.45, 2.75) is 12.8 Å². The Morgan fingerprint density at radius 3 is 3.08 bits per heavy atom. The molecule has 0 saturated carbocycles. The standard InChI is InChI=1S/C9H12BrNO/c1-12-9-4-6-11-8(7-9)3-2-5-10/h4,6-7H,2-3,5H2,1H3. The van der Waals surface area contributed by atoms with Crippen LogP contribution in [0, 0.1) is 0 Å². The highest BCUT2D eigenvalue weighted by Gasteiger charge is 1.95. The molecule has 0 N–H and O–H groups in total. The zero-order chi connectivity index (χ0) is 8.81. The molecule has 0 atom stereocenters. The smallest absolute Gasteiger partial charge is 0.122 e. The van der Waals surface area contributed by atoms with Gasteiger partial charge in [-0.05, 0) is 18.9 Å². The summed E-state index contributed by atoms with van der Waals surface area (Å²) in [6.07, 6.45) is 3.89. The van der Waals surface area contributed by atoms with Crippen LogP contribution in [0.25, 0.3) is 0 Å². The van der Waals surface area contributed by atoms with Gasteiger partial charge in [0, 0.05) is 23.3 Å². The normalized spacial score (nSPS) is 9.83. The lowest BCUT2D eigenvalue weighted by Gasteiger charge is -2.01. The van der Waals surface area contributed by atoms with Gasteiger partial charge in [-0.3, -0.25) is 4.98 Å². The lowest BCUT2D eigenvalue weighted by Crippen LogP contribution is -1.91. The molecule has 0 amide bonds. The van der Waals surface area contributed by atoms with Crippen molar-refractivity contribution >= 4 is 15.9 Å². The largest absolute Gasteiger partial charge is 0.497 e. The van der Waals surface area contributed by atoms with Gasteiger partial charge in [-0.2, -0.15) is 0 Å². The summed E-state index contributed by atoms with van der Waals surface area (Å²) in [4.78, 5) is 4.22. The number of aromatic nitrogens is 1. The van der Waals surface area contributed by atoms with E-state index in [4.69, 9.17) is 4.74 Å². The van der Waals surface area contributed by atoms with Gasteiger partial charge in [-0.25, -0.2) is 0 Å². The minimum atomic E-state index is 0.884. The summed E-state index contributed by atoms with van der Waals surface area (Å²) >= 11 is 3.38. The van der Waals surface area contributed by atoms with Crippen molar-refractivity contribution in [3.05, 3.63) is 24.0 Å². The average Bonchev–Trinajstić information content (AvgIpc) is 2.15. The second kappa shape index (κ2) is 5.14. The van der Waals surface area contributed by atoms with Gasteiger partial charge in [0.25, 0.3) is 0 Å². The van der Waals surface area contributed by atoms with Crippen LogP contribution in [-0.4, -0.2) is 17.4 Å². The second-order valence-corrected chi connectivity index (χ2v) is 3.27. The molecule has 0 saturated heterocycles. The molecule has 1 aromatic rings. The molecule has 0 fully saturated rings. The summed E-state index contributed by atoms with van der Waals surface area (Å²) in [6, 6.07) is 3.83. The molecule has 1 rings (SSSR count). The van der Waals surface area contributed by atoms with Crippen LogP contribution in [-0.2, 0) is 6.42 Å². The molecular weight excluding hydrogens is 218 g/mol. The lowest BCUT2D eigenvalue weighted by atomic mass is 10.2. The molecule has 2 nitrogen and oxygen atoms in total. The maximum atomic E-state index is 5.08. The predicted molar refractivity (Wildman–Crippen MR) is 52.9 cm³/mol. The van der Waals surface area contributed by atoms with Crippen LogP contribution in [0.1, 0.15) is 12.1 Å². The van der Waals surface area contributed by atoms with Crippen molar-refractivity contribution < 1.29 is 4.74 Å². The summed E-state index contributed by atoms with van der Waals surface area (Å²) in [6.45, 7) is 0. The molecule has 12 heavy (non-hydrogen) atoms. The molecule has 1 heterocycles. The molecule has 0 aliphatic rings. The van der Waals surface area contributed by atoms with Gasteiger partial charge >= 0.3 is 0 Å². The number of methoxy groups -OCH3 is 1. The van der Waals surface area contributed by atoms with E-state index in [9.17, 15) is 0 Å². The van der Waals surface area contributed by atoms with E-state index in [1.807, 2.05) is 12.1 Å². The Balaban J connectivity index is 2.60. The van der Waals surface area contributed by atoms with E-state index < -0.39 is 0 Å². The van der Waals surface area contributed by atoms with Crippen molar-refractivity contribution in [3.63, 3.8) is 0 Å². The van der Waals surface area contributed by atoms with Crippen molar-refractivity contribution in [1.82, 2.24) is 4.98 Å². The number of ether oxygens (including phenoxy) is 1. The van der Waals surface area contributed by atoms with Crippen LogP contribution in [0.2, 0.25) is 0 Å². The predicted octanol–water partition coefficient (Wildman–Crippen LogP) is 2.42. The quantitative estimate of drug-likeness (QED) is 0.741. The van der Waals surface area contributed by atoms with Crippen LogP contribution >= 0.6 is 15.9 Å². The van der Waals surface area contributed by atoms with E-state index in [2.05, 4.69) is 20.9 Å². The fourth-order valence-electron chi connectivity index (χ4n) is 0.968. The molecule has 0 spiro atoms. The third-order valence-corrected chi connectivity index (χ3v) is 2.15. The number of hydrogen-bond acceptors (Lipinski definition) is 2. The fraction of sp³-hybridized carbons (Fsp3) is 0.444. The number of hydrogen-bond donors (Lipinski definition) is 0.